The van der Waals surface area contributed by atoms with Crippen molar-refractivity contribution in [3.05, 3.63) is 57.6 Å². The van der Waals surface area contributed by atoms with Gasteiger partial charge in [0.15, 0.2) is 0 Å². The molecular weight excluding hydrogens is 428 g/mol. The summed E-state index contributed by atoms with van der Waals surface area (Å²) in [7, 11) is 0. The van der Waals surface area contributed by atoms with E-state index in [9.17, 15) is 10.2 Å². The molecule has 0 heterocycles. The van der Waals surface area contributed by atoms with Gasteiger partial charge in [-0.25, -0.2) is 0 Å². The lowest BCUT2D eigenvalue weighted by Gasteiger charge is -2.49. The average Bonchev–Trinajstić information content (AvgIpc) is 2.78. The summed E-state index contributed by atoms with van der Waals surface area (Å²) in [5, 5.41) is 22.2. The van der Waals surface area contributed by atoms with Crippen LogP contribution in [0.5, 0.6) is 11.5 Å². The largest absolute Gasteiger partial charge is 0.507 e. The van der Waals surface area contributed by atoms with Gasteiger partial charge >= 0.3 is 0 Å². The van der Waals surface area contributed by atoms with Gasteiger partial charge in [-0.05, 0) is 89.7 Å². The van der Waals surface area contributed by atoms with Gasteiger partial charge in [0.2, 0.25) is 0 Å². The van der Waals surface area contributed by atoms with Crippen LogP contribution < -0.4 is 0 Å². The van der Waals surface area contributed by atoms with Gasteiger partial charge in [-0.1, -0.05) is 98.4 Å². The highest BCUT2D eigenvalue weighted by atomic mass is 16.3. The number of rotatable bonds is 10. The van der Waals surface area contributed by atoms with Crippen molar-refractivity contribution in [3.8, 4) is 11.5 Å². The number of phenolic OH excluding ortho intramolecular Hbond substituents is 2. The molecule has 3 rings (SSSR count). The summed E-state index contributed by atoms with van der Waals surface area (Å²) in [6.07, 6.45) is 11.2. The third kappa shape index (κ3) is 5.89. The van der Waals surface area contributed by atoms with E-state index in [-0.39, 0.29) is 10.8 Å². The van der Waals surface area contributed by atoms with E-state index in [1.54, 1.807) is 0 Å². The van der Waals surface area contributed by atoms with Crippen LogP contribution in [0.4, 0.5) is 0 Å². The Kier molecular flexibility index (Phi) is 9.00. The van der Waals surface area contributed by atoms with E-state index in [0.29, 0.717) is 17.4 Å². The summed E-state index contributed by atoms with van der Waals surface area (Å²) in [5.74, 6) is 1.63. The Labute approximate surface area is 215 Å². The Hall–Kier alpha value is -1.96. The van der Waals surface area contributed by atoms with Crippen molar-refractivity contribution >= 4 is 0 Å². The van der Waals surface area contributed by atoms with E-state index >= 15 is 0 Å². The maximum absolute atomic E-state index is 11.1. The molecule has 194 valence electrons. The summed E-state index contributed by atoms with van der Waals surface area (Å²) >= 11 is 0. The van der Waals surface area contributed by atoms with Crippen molar-refractivity contribution in [3.63, 3.8) is 0 Å². The molecule has 1 aliphatic rings. The quantitative estimate of drug-likeness (QED) is 0.357. The fourth-order valence-corrected chi connectivity index (χ4v) is 7.09. The maximum Gasteiger partial charge on any atom is 0.121 e. The van der Waals surface area contributed by atoms with Gasteiger partial charge in [0, 0.05) is 5.41 Å². The number of hydrogen-bond acceptors (Lipinski definition) is 2. The molecule has 0 aliphatic heterocycles. The highest BCUT2D eigenvalue weighted by Gasteiger charge is 2.46. The van der Waals surface area contributed by atoms with Crippen molar-refractivity contribution in [1.29, 1.82) is 0 Å². The Morgan fingerprint density at radius 1 is 0.657 bits per heavy atom. The zero-order chi connectivity index (χ0) is 25.8. The molecule has 1 fully saturated rings. The van der Waals surface area contributed by atoms with Gasteiger partial charge in [0.25, 0.3) is 0 Å². The fourth-order valence-electron chi connectivity index (χ4n) is 7.09. The molecule has 2 aromatic rings. The zero-order valence-corrected chi connectivity index (χ0v) is 23.6. The fraction of sp³-hybridized carbons (Fsp3) is 0.636. The minimum atomic E-state index is -0.113. The Morgan fingerprint density at radius 2 is 1.00 bits per heavy atom. The topological polar surface area (TPSA) is 40.5 Å². The second-order valence-electron chi connectivity index (χ2n) is 12.2. The van der Waals surface area contributed by atoms with Gasteiger partial charge in [0.05, 0.1) is 0 Å². The van der Waals surface area contributed by atoms with E-state index in [1.807, 2.05) is 0 Å². The standard InChI is InChI=1S/C33H50O2/c1-8-12-24-16-28(17-25(13-9-2)30(24)34)33(21-23(5)20-32(6,7)22-33)29-18-26(14-10-3)31(35)27(19-29)15-11-4/h16-19,23,34-35H,8-15,20-22H2,1-7H3. The van der Waals surface area contributed by atoms with Crippen LogP contribution in [0, 0.1) is 11.3 Å². The smallest absolute Gasteiger partial charge is 0.121 e. The molecule has 0 bridgehead atoms. The molecule has 2 N–H and O–H groups in total. The van der Waals surface area contributed by atoms with Crippen molar-refractivity contribution in [1.82, 2.24) is 0 Å². The van der Waals surface area contributed by atoms with Crippen LogP contribution in [0.3, 0.4) is 0 Å². The molecule has 0 amide bonds. The number of aromatic hydroxyl groups is 2. The molecular formula is C33H50O2. The van der Waals surface area contributed by atoms with Crippen LogP contribution in [0.25, 0.3) is 0 Å². The van der Waals surface area contributed by atoms with Gasteiger partial charge in [0.1, 0.15) is 11.5 Å². The number of benzene rings is 2. The van der Waals surface area contributed by atoms with Crippen LogP contribution in [-0.2, 0) is 31.1 Å². The maximum atomic E-state index is 11.1. The van der Waals surface area contributed by atoms with E-state index in [0.717, 1.165) is 86.5 Å². The van der Waals surface area contributed by atoms with Crippen LogP contribution in [-0.4, -0.2) is 10.2 Å². The summed E-state index contributed by atoms with van der Waals surface area (Å²) in [6.45, 7) is 16.1. The summed E-state index contributed by atoms with van der Waals surface area (Å²) in [6, 6.07) is 9.33. The lowest BCUT2D eigenvalue weighted by molar-refractivity contribution is 0.126. The first kappa shape index (κ1) is 27.6. The molecule has 1 atom stereocenters. The second kappa shape index (κ2) is 11.4. The van der Waals surface area contributed by atoms with E-state index in [2.05, 4.69) is 72.7 Å². The molecule has 1 saturated carbocycles. The monoisotopic (exact) mass is 478 g/mol. The van der Waals surface area contributed by atoms with Crippen molar-refractivity contribution < 1.29 is 10.2 Å². The summed E-state index contributed by atoms with van der Waals surface area (Å²) < 4.78 is 0. The van der Waals surface area contributed by atoms with Gasteiger partial charge < -0.3 is 10.2 Å². The molecule has 2 aromatic carbocycles. The van der Waals surface area contributed by atoms with Crippen LogP contribution in [0.2, 0.25) is 0 Å². The predicted octanol–water partition coefficient (Wildman–Crippen LogP) is 9.04. The first-order valence-electron chi connectivity index (χ1n) is 14.3. The normalized spacial score (nSPS) is 19.1. The lowest BCUT2D eigenvalue weighted by Crippen LogP contribution is -2.41. The molecule has 0 radical (unpaired) electrons. The third-order valence-electron chi connectivity index (χ3n) is 8.10. The first-order chi connectivity index (χ1) is 16.6. The number of hydrogen-bond donors (Lipinski definition) is 2. The molecule has 1 unspecified atom stereocenters. The molecule has 0 saturated heterocycles. The Balaban J connectivity index is 2.35. The Morgan fingerprint density at radius 3 is 1.29 bits per heavy atom. The molecule has 0 spiro atoms. The van der Waals surface area contributed by atoms with Crippen molar-refractivity contribution in [2.24, 2.45) is 11.3 Å². The van der Waals surface area contributed by atoms with Crippen LogP contribution in [0.15, 0.2) is 24.3 Å². The molecule has 0 aromatic heterocycles. The van der Waals surface area contributed by atoms with Gasteiger partial charge in [-0.15, -0.1) is 0 Å². The minimum Gasteiger partial charge on any atom is -0.507 e. The Bertz CT molecular complexity index is 881. The lowest BCUT2D eigenvalue weighted by atomic mass is 9.55. The van der Waals surface area contributed by atoms with Crippen molar-refractivity contribution in [2.75, 3.05) is 0 Å². The van der Waals surface area contributed by atoms with Crippen molar-refractivity contribution in [2.45, 2.75) is 125 Å². The van der Waals surface area contributed by atoms with Gasteiger partial charge in [-0.2, -0.15) is 0 Å². The summed E-state index contributed by atoms with van der Waals surface area (Å²) in [5.41, 5.74) is 7.26. The van der Waals surface area contributed by atoms with E-state index < -0.39 is 0 Å². The van der Waals surface area contributed by atoms with Gasteiger partial charge in [-0.3, -0.25) is 0 Å². The second-order valence-corrected chi connectivity index (χ2v) is 12.2. The minimum absolute atomic E-state index is 0.113. The van der Waals surface area contributed by atoms with Crippen LogP contribution >= 0.6 is 0 Å². The van der Waals surface area contributed by atoms with E-state index in [1.165, 1.54) is 17.5 Å². The predicted molar refractivity (Wildman–Crippen MR) is 150 cm³/mol. The molecule has 2 heteroatoms. The molecule has 35 heavy (non-hydrogen) atoms. The van der Waals surface area contributed by atoms with Crippen LogP contribution in [0.1, 0.15) is 127 Å². The number of phenols is 2. The average molecular weight is 479 g/mol. The first-order valence-corrected chi connectivity index (χ1v) is 14.3. The SMILES string of the molecule is CCCc1cc(C2(c3cc(CCC)c(O)c(CCC)c3)CC(C)CC(C)(C)C2)cc(CCC)c1O. The number of aryl methyl sites for hydroxylation is 4. The summed E-state index contributed by atoms with van der Waals surface area (Å²) in [4.78, 5) is 0. The zero-order valence-electron chi connectivity index (χ0n) is 23.6. The van der Waals surface area contributed by atoms with E-state index in [4.69, 9.17) is 0 Å². The molecule has 2 nitrogen and oxygen atoms in total. The molecule has 1 aliphatic carbocycles. The highest BCUT2D eigenvalue weighted by Crippen LogP contribution is 2.55. The third-order valence-corrected chi connectivity index (χ3v) is 8.10. The highest BCUT2D eigenvalue weighted by molar-refractivity contribution is 5.54.